The van der Waals surface area contributed by atoms with E-state index in [-0.39, 0.29) is 24.4 Å². The largest absolute Gasteiger partial charge is 0.390 e. The summed E-state index contributed by atoms with van der Waals surface area (Å²) in [5.74, 6) is -0.447. The number of ether oxygens (including phenoxy) is 1. The van der Waals surface area contributed by atoms with Gasteiger partial charge in [-0.25, -0.2) is 4.39 Å². The van der Waals surface area contributed by atoms with Crippen LogP contribution in [-0.4, -0.2) is 42.9 Å². The van der Waals surface area contributed by atoms with Crippen molar-refractivity contribution >= 4 is 11.6 Å². The SMILES string of the molecule is COCC(=O)N(Cc1ccc(F)cc1)CC1CC(c2ccccc2)=NO1. The van der Waals surface area contributed by atoms with Crippen LogP contribution < -0.4 is 0 Å². The average molecular weight is 356 g/mol. The summed E-state index contributed by atoms with van der Waals surface area (Å²) in [7, 11) is 1.48. The van der Waals surface area contributed by atoms with Crippen molar-refractivity contribution in [3.8, 4) is 0 Å². The molecule has 0 fully saturated rings. The second kappa shape index (κ2) is 8.58. The second-order valence-electron chi connectivity index (χ2n) is 6.17. The molecule has 1 aliphatic rings. The van der Waals surface area contributed by atoms with Crippen LogP contribution >= 0.6 is 0 Å². The number of methoxy groups -OCH3 is 1. The number of nitrogens with zero attached hydrogens (tertiary/aromatic N) is 2. The van der Waals surface area contributed by atoms with E-state index in [0.717, 1.165) is 16.8 Å². The molecule has 2 aromatic carbocycles. The first kappa shape index (κ1) is 18.1. The standard InChI is InChI=1S/C20H21FN2O3/c1-25-14-20(24)23(12-15-7-9-17(21)10-8-15)13-18-11-19(22-26-18)16-5-3-2-4-6-16/h2-10,18H,11-14H2,1H3. The lowest BCUT2D eigenvalue weighted by atomic mass is 10.0. The zero-order valence-corrected chi connectivity index (χ0v) is 14.6. The van der Waals surface area contributed by atoms with Crippen LogP contribution in [0.4, 0.5) is 4.39 Å². The quantitative estimate of drug-likeness (QED) is 0.766. The van der Waals surface area contributed by atoms with E-state index in [1.807, 2.05) is 30.3 Å². The zero-order valence-electron chi connectivity index (χ0n) is 14.6. The normalized spacial score (nSPS) is 16.1. The number of rotatable bonds is 7. The van der Waals surface area contributed by atoms with Crippen LogP contribution in [0.2, 0.25) is 0 Å². The number of hydrogen-bond acceptors (Lipinski definition) is 4. The van der Waals surface area contributed by atoms with Gasteiger partial charge in [0.15, 0.2) is 6.10 Å². The summed E-state index contributed by atoms with van der Waals surface area (Å²) in [6.07, 6.45) is 0.413. The van der Waals surface area contributed by atoms with Crippen LogP contribution in [0.15, 0.2) is 59.8 Å². The number of oxime groups is 1. The van der Waals surface area contributed by atoms with Crippen LogP contribution in [0.1, 0.15) is 17.5 Å². The number of carbonyl (C=O) groups is 1. The first-order valence-corrected chi connectivity index (χ1v) is 8.45. The lowest BCUT2D eigenvalue weighted by Crippen LogP contribution is -2.39. The minimum atomic E-state index is -0.302. The van der Waals surface area contributed by atoms with Crippen molar-refractivity contribution in [3.05, 3.63) is 71.5 Å². The molecule has 26 heavy (non-hydrogen) atoms. The number of carbonyl (C=O) groups excluding carboxylic acids is 1. The van der Waals surface area contributed by atoms with E-state index in [2.05, 4.69) is 5.16 Å². The van der Waals surface area contributed by atoms with E-state index in [0.29, 0.717) is 19.5 Å². The van der Waals surface area contributed by atoms with Crippen molar-refractivity contribution in [2.75, 3.05) is 20.3 Å². The monoisotopic (exact) mass is 356 g/mol. The molecule has 0 aliphatic carbocycles. The first-order chi connectivity index (χ1) is 12.7. The lowest BCUT2D eigenvalue weighted by Gasteiger charge is -2.24. The molecule has 0 saturated heterocycles. The molecule has 0 radical (unpaired) electrons. The third-order valence-corrected chi connectivity index (χ3v) is 4.17. The molecule has 5 nitrogen and oxygen atoms in total. The van der Waals surface area contributed by atoms with Crippen LogP contribution in [-0.2, 0) is 20.9 Å². The Labute approximate surface area is 152 Å². The van der Waals surface area contributed by atoms with Gasteiger partial charge in [-0.15, -0.1) is 0 Å². The summed E-state index contributed by atoms with van der Waals surface area (Å²) in [5, 5.41) is 4.16. The fourth-order valence-corrected chi connectivity index (χ4v) is 2.85. The smallest absolute Gasteiger partial charge is 0.248 e. The Kier molecular flexibility index (Phi) is 5.96. The summed E-state index contributed by atoms with van der Waals surface area (Å²) in [4.78, 5) is 19.6. The van der Waals surface area contributed by atoms with Gasteiger partial charge >= 0.3 is 0 Å². The molecule has 1 aliphatic heterocycles. The fraction of sp³-hybridized carbons (Fsp3) is 0.300. The molecular weight excluding hydrogens is 335 g/mol. The molecule has 0 spiro atoms. The summed E-state index contributed by atoms with van der Waals surface area (Å²) in [5.41, 5.74) is 2.73. The van der Waals surface area contributed by atoms with E-state index >= 15 is 0 Å². The van der Waals surface area contributed by atoms with Crippen molar-refractivity contribution < 1.29 is 18.8 Å². The van der Waals surface area contributed by atoms with E-state index in [9.17, 15) is 9.18 Å². The van der Waals surface area contributed by atoms with Gasteiger partial charge < -0.3 is 14.5 Å². The first-order valence-electron chi connectivity index (χ1n) is 8.45. The Bertz CT molecular complexity index is 762. The minimum absolute atomic E-state index is 0.0136. The highest BCUT2D eigenvalue weighted by Crippen LogP contribution is 2.18. The molecule has 0 bridgehead atoms. The van der Waals surface area contributed by atoms with Crippen molar-refractivity contribution in [1.29, 1.82) is 0 Å². The summed E-state index contributed by atoms with van der Waals surface area (Å²) >= 11 is 0. The summed E-state index contributed by atoms with van der Waals surface area (Å²) in [6, 6.07) is 15.9. The molecular formula is C20H21FN2O3. The average Bonchev–Trinajstić information content (AvgIpc) is 3.12. The number of benzene rings is 2. The van der Waals surface area contributed by atoms with Gasteiger partial charge in [0.25, 0.3) is 0 Å². The van der Waals surface area contributed by atoms with Crippen molar-refractivity contribution in [2.45, 2.75) is 19.1 Å². The Morgan fingerprint density at radius 1 is 1.23 bits per heavy atom. The molecule has 0 aromatic heterocycles. The van der Waals surface area contributed by atoms with Gasteiger partial charge in [-0.3, -0.25) is 4.79 Å². The highest BCUT2D eigenvalue weighted by atomic mass is 19.1. The van der Waals surface area contributed by atoms with Crippen LogP contribution in [0, 0.1) is 5.82 Å². The predicted molar refractivity (Wildman–Crippen MR) is 96.2 cm³/mol. The number of halogens is 1. The third-order valence-electron chi connectivity index (χ3n) is 4.17. The van der Waals surface area contributed by atoms with Crippen molar-refractivity contribution in [1.82, 2.24) is 4.90 Å². The molecule has 1 heterocycles. The van der Waals surface area contributed by atoms with Gasteiger partial charge in [0.05, 0.1) is 12.3 Å². The molecule has 1 unspecified atom stereocenters. The fourth-order valence-electron chi connectivity index (χ4n) is 2.85. The molecule has 6 heteroatoms. The highest BCUT2D eigenvalue weighted by molar-refractivity contribution is 6.01. The minimum Gasteiger partial charge on any atom is -0.390 e. The van der Waals surface area contributed by atoms with E-state index in [4.69, 9.17) is 9.57 Å². The van der Waals surface area contributed by atoms with Gasteiger partial charge in [-0.05, 0) is 23.3 Å². The van der Waals surface area contributed by atoms with E-state index in [1.165, 1.54) is 19.2 Å². The summed E-state index contributed by atoms with van der Waals surface area (Å²) in [6.45, 7) is 0.739. The molecule has 1 atom stereocenters. The lowest BCUT2D eigenvalue weighted by molar-refractivity contribution is -0.137. The number of hydrogen-bond donors (Lipinski definition) is 0. The number of amides is 1. The topological polar surface area (TPSA) is 51.1 Å². The second-order valence-corrected chi connectivity index (χ2v) is 6.17. The van der Waals surface area contributed by atoms with Crippen molar-refractivity contribution in [3.63, 3.8) is 0 Å². The molecule has 2 aromatic rings. The Hall–Kier alpha value is -2.73. The maximum atomic E-state index is 13.1. The maximum Gasteiger partial charge on any atom is 0.248 e. The van der Waals surface area contributed by atoms with Crippen LogP contribution in [0.5, 0.6) is 0 Å². The van der Waals surface area contributed by atoms with Gasteiger partial charge in [0.1, 0.15) is 12.4 Å². The molecule has 0 saturated carbocycles. The summed E-state index contributed by atoms with van der Waals surface area (Å²) < 4.78 is 18.1. The van der Waals surface area contributed by atoms with Gasteiger partial charge in [0, 0.05) is 20.1 Å². The molecule has 136 valence electrons. The van der Waals surface area contributed by atoms with Gasteiger partial charge in [-0.1, -0.05) is 47.6 Å². The Morgan fingerprint density at radius 3 is 2.65 bits per heavy atom. The Balaban J connectivity index is 1.64. The third kappa shape index (κ3) is 4.67. The maximum absolute atomic E-state index is 13.1. The van der Waals surface area contributed by atoms with Crippen LogP contribution in [0.25, 0.3) is 0 Å². The molecule has 1 amide bonds. The molecule has 3 rings (SSSR count). The highest BCUT2D eigenvalue weighted by Gasteiger charge is 2.26. The van der Waals surface area contributed by atoms with E-state index in [1.54, 1.807) is 17.0 Å². The Morgan fingerprint density at radius 2 is 1.96 bits per heavy atom. The zero-order chi connectivity index (χ0) is 18.4. The van der Waals surface area contributed by atoms with Gasteiger partial charge in [-0.2, -0.15) is 0 Å². The van der Waals surface area contributed by atoms with Gasteiger partial charge in [0.2, 0.25) is 5.91 Å². The van der Waals surface area contributed by atoms with Crippen LogP contribution in [0.3, 0.4) is 0 Å². The van der Waals surface area contributed by atoms with E-state index < -0.39 is 0 Å². The molecule has 0 N–H and O–H groups in total. The van der Waals surface area contributed by atoms with Crippen molar-refractivity contribution in [2.24, 2.45) is 5.16 Å². The predicted octanol–water partition coefficient (Wildman–Crippen LogP) is 2.99.